The Morgan fingerprint density at radius 2 is 1.38 bits per heavy atom. The number of hydrogen-bond acceptors (Lipinski definition) is 6. The zero-order valence-corrected chi connectivity index (χ0v) is 33.1. The van der Waals surface area contributed by atoms with Gasteiger partial charge in [0, 0.05) is 18.2 Å². The molecule has 9 heteroatoms. The van der Waals surface area contributed by atoms with Crippen LogP contribution in [0.5, 0.6) is 0 Å². The van der Waals surface area contributed by atoms with Crippen LogP contribution in [0.1, 0.15) is 64.2 Å². The summed E-state index contributed by atoms with van der Waals surface area (Å²) >= 11 is 0. The molecule has 6 aromatic carbocycles. The number of aryl methyl sites for hydroxylation is 2. The first-order valence-corrected chi connectivity index (χ1v) is 20.4. The number of benzene rings is 6. The standard InChI is InChI=1S/C51H40N8O/c1-2-47-53-45-30-31-57(34-38-17-13-12-16-37(38)33-52)50(60)48(45)58(47)46-29-27-36-32-35(26-28-43(36)46)42-24-14-15-25-44(42)49-54-55-56-59(49)51(39-18-6-3-7-19-39,40-20-8-4-9-21-40)41-22-10-5-11-23-41/h3-26,28,30-32,46H,2,27,29,34H2,1H3/t46-/m0/s1. The van der Waals surface area contributed by atoms with E-state index in [4.69, 9.17) is 15.3 Å². The first-order chi connectivity index (χ1) is 29.6. The van der Waals surface area contributed by atoms with Crippen LogP contribution in [0.4, 0.5) is 0 Å². The summed E-state index contributed by atoms with van der Waals surface area (Å²) in [5, 5.41) is 23.7. The number of tetrazole rings is 1. The molecular formula is C51H40N8O. The van der Waals surface area contributed by atoms with Gasteiger partial charge in [-0.05, 0) is 79.9 Å². The summed E-state index contributed by atoms with van der Waals surface area (Å²) in [5.41, 5.74) is 10.2. The van der Waals surface area contributed by atoms with Crippen molar-refractivity contribution in [1.29, 1.82) is 5.26 Å². The zero-order valence-electron chi connectivity index (χ0n) is 33.1. The Bertz CT molecular complexity index is 3010. The van der Waals surface area contributed by atoms with Crippen LogP contribution in [0.3, 0.4) is 0 Å². The van der Waals surface area contributed by atoms with Crippen molar-refractivity contribution in [3.05, 3.63) is 225 Å². The van der Waals surface area contributed by atoms with E-state index in [1.807, 2.05) is 53.2 Å². The van der Waals surface area contributed by atoms with Crippen molar-refractivity contribution in [3.63, 3.8) is 0 Å². The number of hydrogen-bond donors (Lipinski definition) is 0. The van der Waals surface area contributed by atoms with Crippen molar-refractivity contribution < 1.29 is 0 Å². The maximum Gasteiger partial charge on any atom is 0.277 e. The smallest absolute Gasteiger partial charge is 0.277 e. The number of aromatic nitrogens is 7. The molecule has 9 aromatic rings. The van der Waals surface area contributed by atoms with Gasteiger partial charge in [-0.1, -0.05) is 159 Å². The van der Waals surface area contributed by atoms with Gasteiger partial charge in [0.2, 0.25) is 0 Å². The maximum absolute atomic E-state index is 14.3. The molecule has 10 rings (SSSR count). The minimum absolute atomic E-state index is 0.0466. The summed E-state index contributed by atoms with van der Waals surface area (Å²) in [6.45, 7) is 2.40. The molecule has 3 heterocycles. The molecule has 0 saturated carbocycles. The van der Waals surface area contributed by atoms with Crippen LogP contribution in [-0.2, 0) is 24.9 Å². The third-order valence-corrected chi connectivity index (χ3v) is 12.0. The van der Waals surface area contributed by atoms with Gasteiger partial charge in [0.15, 0.2) is 5.82 Å². The second kappa shape index (κ2) is 15.2. The minimum atomic E-state index is -0.886. The average Bonchev–Trinajstić information content (AvgIpc) is 4.06. The quantitative estimate of drug-likeness (QED) is 0.128. The largest absolute Gasteiger partial charge is 0.316 e. The third-order valence-electron chi connectivity index (χ3n) is 12.0. The van der Waals surface area contributed by atoms with Crippen LogP contribution < -0.4 is 5.56 Å². The minimum Gasteiger partial charge on any atom is -0.316 e. The Morgan fingerprint density at radius 3 is 2.05 bits per heavy atom. The SMILES string of the molecule is CCc1nc2ccn(Cc3ccccc3C#N)c(=O)c2n1[C@H]1CCc2cc(-c3ccccc3-c3nnnn3C(c3ccccc3)(c3ccccc3)c3ccccc3)ccc21. The van der Waals surface area contributed by atoms with Gasteiger partial charge >= 0.3 is 0 Å². The van der Waals surface area contributed by atoms with Crippen molar-refractivity contribution in [1.82, 2.24) is 34.3 Å². The summed E-state index contributed by atoms with van der Waals surface area (Å²) in [7, 11) is 0. The molecule has 0 saturated heterocycles. The van der Waals surface area contributed by atoms with Gasteiger partial charge < -0.3 is 9.13 Å². The van der Waals surface area contributed by atoms with Gasteiger partial charge in [0.25, 0.3) is 5.56 Å². The molecular weight excluding hydrogens is 741 g/mol. The molecule has 60 heavy (non-hydrogen) atoms. The lowest BCUT2D eigenvalue weighted by Gasteiger charge is -2.36. The van der Waals surface area contributed by atoms with Crippen LogP contribution in [-0.4, -0.2) is 34.3 Å². The van der Waals surface area contributed by atoms with Gasteiger partial charge in [-0.15, -0.1) is 5.10 Å². The van der Waals surface area contributed by atoms with E-state index in [9.17, 15) is 10.1 Å². The highest BCUT2D eigenvalue weighted by Gasteiger charge is 2.42. The Labute approximate surface area is 347 Å². The Kier molecular flexibility index (Phi) is 9.30. The van der Waals surface area contributed by atoms with E-state index in [0.29, 0.717) is 35.4 Å². The molecule has 290 valence electrons. The molecule has 0 amide bonds. The average molecular weight is 781 g/mol. The van der Waals surface area contributed by atoms with Crippen molar-refractivity contribution in [2.24, 2.45) is 0 Å². The predicted octanol–water partition coefficient (Wildman–Crippen LogP) is 9.38. The number of nitriles is 1. The van der Waals surface area contributed by atoms with E-state index in [1.54, 1.807) is 16.8 Å². The molecule has 0 N–H and O–H groups in total. The number of nitrogens with zero attached hydrogens (tertiary/aromatic N) is 8. The third kappa shape index (κ3) is 5.95. The lowest BCUT2D eigenvalue weighted by atomic mass is 9.77. The van der Waals surface area contributed by atoms with Crippen LogP contribution in [0.25, 0.3) is 33.5 Å². The maximum atomic E-state index is 14.3. The van der Waals surface area contributed by atoms with Crippen molar-refractivity contribution in [2.75, 3.05) is 0 Å². The van der Waals surface area contributed by atoms with E-state index in [2.05, 4.69) is 132 Å². The van der Waals surface area contributed by atoms with E-state index in [-0.39, 0.29) is 11.6 Å². The Hall–Kier alpha value is -7.70. The number of pyridine rings is 1. The number of rotatable bonds is 10. The Balaban J connectivity index is 1.08. The van der Waals surface area contributed by atoms with Crippen molar-refractivity contribution >= 4 is 11.0 Å². The molecule has 0 aliphatic heterocycles. The molecule has 0 unspecified atom stereocenters. The van der Waals surface area contributed by atoms with Crippen molar-refractivity contribution in [3.8, 4) is 28.6 Å². The first kappa shape index (κ1) is 36.6. The molecule has 0 spiro atoms. The summed E-state index contributed by atoms with van der Waals surface area (Å²) in [6.07, 6.45) is 4.18. The molecule has 1 aliphatic rings. The number of imidazole rings is 1. The van der Waals surface area contributed by atoms with Crippen LogP contribution in [0, 0.1) is 11.3 Å². The molecule has 0 bridgehead atoms. The fourth-order valence-electron chi connectivity index (χ4n) is 9.30. The lowest BCUT2D eigenvalue weighted by Crippen LogP contribution is -2.39. The normalized spacial score (nSPS) is 13.6. The highest BCUT2D eigenvalue weighted by molar-refractivity contribution is 5.82. The molecule has 0 radical (unpaired) electrons. The van der Waals surface area contributed by atoms with Gasteiger partial charge in [-0.2, -0.15) is 5.26 Å². The molecule has 0 fully saturated rings. The van der Waals surface area contributed by atoms with Gasteiger partial charge in [0.1, 0.15) is 16.9 Å². The second-order valence-corrected chi connectivity index (χ2v) is 15.2. The molecule has 3 aromatic heterocycles. The fourth-order valence-corrected chi connectivity index (χ4v) is 9.30. The van der Waals surface area contributed by atoms with Gasteiger partial charge in [-0.3, -0.25) is 4.79 Å². The Morgan fingerprint density at radius 1 is 0.750 bits per heavy atom. The molecule has 1 atom stereocenters. The predicted molar refractivity (Wildman–Crippen MR) is 233 cm³/mol. The summed E-state index contributed by atoms with van der Waals surface area (Å²) < 4.78 is 5.85. The van der Waals surface area contributed by atoms with Gasteiger partial charge in [-0.25, -0.2) is 9.67 Å². The number of fused-ring (bicyclic) bond motifs is 2. The van der Waals surface area contributed by atoms with Crippen LogP contribution in [0.15, 0.2) is 175 Å². The topological polar surface area (TPSA) is 107 Å². The van der Waals surface area contributed by atoms with Crippen LogP contribution in [0.2, 0.25) is 0 Å². The van der Waals surface area contributed by atoms with Gasteiger partial charge in [0.05, 0.1) is 29.7 Å². The van der Waals surface area contributed by atoms with E-state index < -0.39 is 5.54 Å². The molecule has 1 aliphatic carbocycles. The monoisotopic (exact) mass is 780 g/mol. The highest BCUT2D eigenvalue weighted by atomic mass is 16.1. The summed E-state index contributed by atoms with van der Waals surface area (Å²) in [4.78, 5) is 19.3. The lowest BCUT2D eigenvalue weighted by molar-refractivity contribution is 0.451. The van der Waals surface area contributed by atoms with E-state index in [0.717, 1.165) is 57.6 Å². The molecule has 9 nitrogen and oxygen atoms in total. The second-order valence-electron chi connectivity index (χ2n) is 15.2. The van der Waals surface area contributed by atoms with E-state index in [1.165, 1.54) is 11.1 Å². The zero-order chi connectivity index (χ0) is 40.6. The summed E-state index contributed by atoms with van der Waals surface area (Å²) in [6, 6.07) is 58.0. The van der Waals surface area contributed by atoms with Crippen molar-refractivity contribution in [2.45, 2.75) is 44.3 Å². The van der Waals surface area contributed by atoms with Crippen LogP contribution >= 0.6 is 0 Å². The first-order valence-electron chi connectivity index (χ1n) is 20.4. The summed E-state index contributed by atoms with van der Waals surface area (Å²) in [5.74, 6) is 1.53. The van der Waals surface area contributed by atoms with E-state index >= 15 is 0 Å². The fraction of sp³-hybridized carbons (Fsp3) is 0.137. The highest BCUT2D eigenvalue weighted by Crippen LogP contribution is 2.44.